The minimum atomic E-state index is -1.39. The summed E-state index contributed by atoms with van der Waals surface area (Å²) in [6, 6.07) is -1.39. The Labute approximate surface area is 179 Å². The molecule has 168 valence electrons. The number of carbonyl (C=O) groups excluding carboxylic acids is 1. The van der Waals surface area contributed by atoms with Crippen molar-refractivity contribution in [2.75, 3.05) is 0 Å². The fraction of sp³-hybridized carbons (Fsp3) is 0.792. The van der Waals surface area contributed by atoms with Crippen LogP contribution in [-0.4, -0.2) is 34.1 Å². The molecule has 0 heterocycles. The summed E-state index contributed by atoms with van der Waals surface area (Å²) in [5.74, 6) is -2.11. The van der Waals surface area contributed by atoms with Gasteiger partial charge in [0.1, 0.15) is 6.04 Å². The molecule has 3 aliphatic rings. The molecule has 2 fully saturated rings. The third kappa shape index (κ3) is 3.90. The summed E-state index contributed by atoms with van der Waals surface area (Å²) in [5, 5.41) is 21.0. The fourth-order valence-electron chi connectivity index (χ4n) is 6.75. The molecule has 0 aliphatic heterocycles. The summed E-state index contributed by atoms with van der Waals surface area (Å²) in [5.41, 5.74) is 1.14. The van der Waals surface area contributed by atoms with E-state index in [1.807, 2.05) is 6.92 Å². The first kappa shape index (κ1) is 22.8. The standard InChI is InChI=1S/C24H37NO5/c1-5-22(2)12-9-16-15(14-22)7-8-18-23(16,3)10-6-11-24(18,4)21(30)25-17(20(28)29)13-19(26)27/h9,15,17-18H,5-8,10-14H2,1-4H3,(H,25,30)(H,26,27)(H,28,29)/t15?,17-,18?,22-,23-,24+/m0/s1. The molecule has 3 rings (SSSR count). The molecule has 0 aromatic heterocycles. The quantitative estimate of drug-likeness (QED) is 0.554. The molecule has 30 heavy (non-hydrogen) atoms. The summed E-state index contributed by atoms with van der Waals surface area (Å²) in [4.78, 5) is 35.9. The van der Waals surface area contributed by atoms with Crippen molar-refractivity contribution in [1.29, 1.82) is 0 Å². The van der Waals surface area contributed by atoms with Crippen LogP contribution < -0.4 is 5.32 Å². The zero-order valence-electron chi connectivity index (χ0n) is 18.8. The van der Waals surface area contributed by atoms with Gasteiger partial charge in [-0.15, -0.1) is 0 Å². The summed E-state index contributed by atoms with van der Waals surface area (Å²) in [6.07, 6.45) is 10.0. The van der Waals surface area contributed by atoms with Crippen LogP contribution in [0.3, 0.4) is 0 Å². The van der Waals surface area contributed by atoms with Crippen LogP contribution in [-0.2, 0) is 14.4 Å². The highest BCUT2D eigenvalue weighted by molar-refractivity contribution is 5.89. The molecule has 0 aromatic carbocycles. The van der Waals surface area contributed by atoms with E-state index in [2.05, 4.69) is 32.2 Å². The highest BCUT2D eigenvalue weighted by Crippen LogP contribution is 2.64. The lowest BCUT2D eigenvalue weighted by Gasteiger charge is -2.58. The maximum atomic E-state index is 13.3. The maximum absolute atomic E-state index is 13.3. The number of allylic oxidation sites excluding steroid dienone is 2. The molecule has 6 atom stereocenters. The van der Waals surface area contributed by atoms with Crippen molar-refractivity contribution in [3.63, 3.8) is 0 Å². The van der Waals surface area contributed by atoms with Crippen LogP contribution in [0.25, 0.3) is 0 Å². The second kappa shape index (κ2) is 8.01. The first-order valence-electron chi connectivity index (χ1n) is 11.4. The van der Waals surface area contributed by atoms with Gasteiger partial charge in [-0.3, -0.25) is 9.59 Å². The largest absolute Gasteiger partial charge is 0.481 e. The van der Waals surface area contributed by atoms with E-state index in [-0.39, 0.29) is 17.2 Å². The van der Waals surface area contributed by atoms with Crippen molar-refractivity contribution >= 4 is 17.8 Å². The number of carbonyl (C=O) groups is 3. The number of nitrogens with one attached hydrogen (secondary N) is 1. The van der Waals surface area contributed by atoms with Gasteiger partial charge in [0, 0.05) is 0 Å². The zero-order chi connectivity index (χ0) is 22.3. The Morgan fingerprint density at radius 2 is 1.87 bits per heavy atom. The highest BCUT2D eigenvalue weighted by Gasteiger charge is 2.57. The lowest BCUT2D eigenvalue weighted by atomic mass is 9.45. The van der Waals surface area contributed by atoms with Crippen LogP contribution in [0.5, 0.6) is 0 Å². The Hall–Kier alpha value is -1.85. The van der Waals surface area contributed by atoms with E-state index in [1.165, 1.54) is 18.4 Å². The predicted octanol–water partition coefficient (Wildman–Crippen LogP) is 4.39. The minimum absolute atomic E-state index is 0.0478. The van der Waals surface area contributed by atoms with Crippen LogP contribution in [0.15, 0.2) is 11.6 Å². The van der Waals surface area contributed by atoms with Gasteiger partial charge in [0.05, 0.1) is 11.8 Å². The second-order valence-electron chi connectivity index (χ2n) is 10.7. The van der Waals surface area contributed by atoms with Gasteiger partial charge in [-0.05, 0) is 61.2 Å². The van der Waals surface area contributed by atoms with E-state index < -0.39 is 29.8 Å². The van der Waals surface area contributed by atoms with Gasteiger partial charge in [0.25, 0.3) is 0 Å². The average molecular weight is 420 g/mol. The van der Waals surface area contributed by atoms with Gasteiger partial charge in [0.2, 0.25) is 5.91 Å². The Kier molecular flexibility index (Phi) is 6.09. The zero-order valence-corrected chi connectivity index (χ0v) is 18.8. The minimum Gasteiger partial charge on any atom is -0.481 e. The monoisotopic (exact) mass is 419 g/mol. The number of carboxylic acids is 2. The normalized spacial score (nSPS) is 39.1. The Balaban J connectivity index is 1.87. The van der Waals surface area contributed by atoms with Gasteiger partial charge < -0.3 is 15.5 Å². The Bertz CT molecular complexity index is 761. The molecule has 0 bridgehead atoms. The second-order valence-corrected chi connectivity index (χ2v) is 10.7. The summed E-state index contributed by atoms with van der Waals surface area (Å²) in [6.45, 7) is 8.91. The first-order chi connectivity index (χ1) is 13.9. The smallest absolute Gasteiger partial charge is 0.326 e. The van der Waals surface area contributed by atoms with E-state index in [0.717, 1.165) is 32.1 Å². The number of hydrogen-bond acceptors (Lipinski definition) is 3. The number of hydrogen-bond donors (Lipinski definition) is 3. The van der Waals surface area contributed by atoms with Crippen molar-refractivity contribution in [3.05, 3.63) is 11.6 Å². The van der Waals surface area contributed by atoms with Crippen molar-refractivity contribution in [1.82, 2.24) is 5.32 Å². The SMILES string of the molecule is CC[C@@]1(C)CC=C2C(CCC3[C@](C)(C(=O)N[C@@H](CC(=O)O)C(=O)O)CCC[C@@]23C)C1. The van der Waals surface area contributed by atoms with Crippen molar-refractivity contribution < 1.29 is 24.6 Å². The summed E-state index contributed by atoms with van der Waals surface area (Å²) >= 11 is 0. The molecule has 0 spiro atoms. The summed E-state index contributed by atoms with van der Waals surface area (Å²) < 4.78 is 0. The molecule has 0 aromatic rings. The maximum Gasteiger partial charge on any atom is 0.326 e. The average Bonchev–Trinajstić information content (AvgIpc) is 2.66. The molecule has 6 nitrogen and oxygen atoms in total. The predicted molar refractivity (Wildman–Crippen MR) is 114 cm³/mol. The van der Waals surface area contributed by atoms with Gasteiger partial charge in [0.15, 0.2) is 0 Å². The number of aliphatic carboxylic acids is 2. The molecule has 6 heteroatoms. The number of fused-ring (bicyclic) bond motifs is 3. The van der Waals surface area contributed by atoms with Crippen LogP contribution in [0.1, 0.15) is 85.5 Å². The van der Waals surface area contributed by atoms with Crippen LogP contribution in [0.2, 0.25) is 0 Å². The third-order valence-corrected chi connectivity index (χ3v) is 8.74. The topological polar surface area (TPSA) is 104 Å². The lowest BCUT2D eigenvalue weighted by molar-refractivity contribution is -0.151. The number of amides is 1. The molecule has 2 saturated carbocycles. The molecule has 1 amide bonds. The van der Waals surface area contributed by atoms with E-state index >= 15 is 0 Å². The van der Waals surface area contributed by atoms with E-state index in [4.69, 9.17) is 5.11 Å². The lowest BCUT2D eigenvalue weighted by Crippen LogP contribution is -2.57. The van der Waals surface area contributed by atoms with Gasteiger partial charge in [-0.25, -0.2) is 4.79 Å². The Morgan fingerprint density at radius 3 is 2.47 bits per heavy atom. The van der Waals surface area contributed by atoms with E-state index in [1.54, 1.807) is 0 Å². The molecular weight excluding hydrogens is 382 g/mol. The Morgan fingerprint density at radius 1 is 1.17 bits per heavy atom. The molecule has 3 aliphatic carbocycles. The summed E-state index contributed by atoms with van der Waals surface area (Å²) in [7, 11) is 0. The van der Waals surface area contributed by atoms with Crippen LogP contribution >= 0.6 is 0 Å². The van der Waals surface area contributed by atoms with Crippen molar-refractivity contribution in [2.45, 2.75) is 91.5 Å². The van der Waals surface area contributed by atoms with Crippen LogP contribution in [0.4, 0.5) is 0 Å². The molecule has 3 N–H and O–H groups in total. The molecule has 0 radical (unpaired) electrons. The molecule has 0 saturated heterocycles. The highest BCUT2D eigenvalue weighted by atomic mass is 16.4. The molecule has 2 unspecified atom stereocenters. The van der Waals surface area contributed by atoms with Gasteiger partial charge in [-0.1, -0.05) is 52.2 Å². The number of carboxylic acid groups (broad SMARTS) is 2. The van der Waals surface area contributed by atoms with Crippen LogP contribution in [0, 0.1) is 28.1 Å². The van der Waals surface area contributed by atoms with Crippen molar-refractivity contribution in [2.24, 2.45) is 28.1 Å². The molecular formula is C24H37NO5. The first-order valence-corrected chi connectivity index (χ1v) is 11.4. The number of rotatable bonds is 6. The van der Waals surface area contributed by atoms with Gasteiger partial charge >= 0.3 is 11.9 Å². The van der Waals surface area contributed by atoms with E-state index in [0.29, 0.717) is 17.8 Å². The van der Waals surface area contributed by atoms with Gasteiger partial charge in [-0.2, -0.15) is 0 Å². The fourth-order valence-corrected chi connectivity index (χ4v) is 6.75. The third-order valence-electron chi connectivity index (χ3n) is 8.74. The van der Waals surface area contributed by atoms with Crippen molar-refractivity contribution in [3.8, 4) is 0 Å². The van der Waals surface area contributed by atoms with E-state index in [9.17, 15) is 19.5 Å².